The molecule has 0 unspecified atom stereocenters. The minimum atomic E-state index is -0.668. The molecule has 0 spiro atoms. The van der Waals surface area contributed by atoms with E-state index in [2.05, 4.69) is 27.3 Å². The Labute approximate surface area is 142 Å². The molecule has 1 fully saturated rings. The van der Waals surface area contributed by atoms with Crippen LogP contribution in [0.2, 0.25) is 0 Å². The number of benzene rings is 1. The van der Waals surface area contributed by atoms with Gasteiger partial charge in [-0.3, -0.25) is 4.79 Å². The Morgan fingerprint density at radius 3 is 2.67 bits per heavy atom. The number of aromatic nitrogens is 1. The molecule has 5 nitrogen and oxygen atoms in total. The molecule has 0 bridgehead atoms. The van der Waals surface area contributed by atoms with Crippen molar-refractivity contribution in [3.05, 3.63) is 59.8 Å². The number of amides is 1. The molecular formula is C19H24N4O. The fourth-order valence-electron chi connectivity index (χ4n) is 2.98. The van der Waals surface area contributed by atoms with Gasteiger partial charge in [-0.15, -0.1) is 0 Å². The SMILES string of the molecule is CN(Cc1ccccc1)c1ncccc1CNC(=O)C1(N)CCC1. The number of hydrogen-bond donors (Lipinski definition) is 2. The number of pyridine rings is 1. The van der Waals surface area contributed by atoms with Crippen LogP contribution in [0.15, 0.2) is 48.7 Å². The fraction of sp³-hybridized carbons (Fsp3) is 0.368. The van der Waals surface area contributed by atoms with Crippen molar-refractivity contribution in [3.63, 3.8) is 0 Å². The molecule has 5 heteroatoms. The van der Waals surface area contributed by atoms with E-state index in [1.54, 1.807) is 6.20 Å². The second-order valence-electron chi connectivity index (χ2n) is 6.52. The average Bonchev–Trinajstić information content (AvgIpc) is 2.58. The van der Waals surface area contributed by atoms with Gasteiger partial charge in [0, 0.05) is 31.9 Å². The molecule has 1 saturated carbocycles. The summed E-state index contributed by atoms with van der Waals surface area (Å²) in [6.07, 6.45) is 4.35. The van der Waals surface area contributed by atoms with Crippen molar-refractivity contribution < 1.29 is 4.79 Å². The molecule has 3 N–H and O–H groups in total. The minimum absolute atomic E-state index is 0.0609. The maximum absolute atomic E-state index is 12.2. The van der Waals surface area contributed by atoms with Gasteiger partial charge in [-0.2, -0.15) is 0 Å². The first-order valence-electron chi connectivity index (χ1n) is 8.35. The third-order valence-corrected chi connectivity index (χ3v) is 4.63. The Bertz CT molecular complexity index is 698. The zero-order chi connectivity index (χ0) is 17.0. The van der Waals surface area contributed by atoms with E-state index in [-0.39, 0.29) is 5.91 Å². The van der Waals surface area contributed by atoms with Gasteiger partial charge in [0.2, 0.25) is 5.91 Å². The topological polar surface area (TPSA) is 71.2 Å². The van der Waals surface area contributed by atoms with Gasteiger partial charge in [-0.05, 0) is 30.9 Å². The zero-order valence-corrected chi connectivity index (χ0v) is 14.0. The molecule has 126 valence electrons. The van der Waals surface area contributed by atoms with Crippen LogP contribution in [0.4, 0.5) is 5.82 Å². The third kappa shape index (κ3) is 3.57. The van der Waals surface area contributed by atoms with Gasteiger partial charge in [0.05, 0.1) is 5.54 Å². The van der Waals surface area contributed by atoms with E-state index in [0.29, 0.717) is 6.54 Å². The first-order valence-corrected chi connectivity index (χ1v) is 8.35. The number of anilines is 1. The lowest BCUT2D eigenvalue weighted by atomic mass is 9.77. The Hall–Kier alpha value is -2.40. The maximum atomic E-state index is 12.2. The van der Waals surface area contributed by atoms with Crippen LogP contribution < -0.4 is 16.0 Å². The second-order valence-corrected chi connectivity index (χ2v) is 6.52. The zero-order valence-electron chi connectivity index (χ0n) is 14.0. The van der Waals surface area contributed by atoms with Gasteiger partial charge >= 0.3 is 0 Å². The monoisotopic (exact) mass is 324 g/mol. The number of rotatable bonds is 6. The summed E-state index contributed by atoms with van der Waals surface area (Å²) < 4.78 is 0. The van der Waals surface area contributed by atoms with E-state index in [1.807, 2.05) is 37.4 Å². The normalized spacial score (nSPS) is 15.4. The van der Waals surface area contributed by atoms with E-state index in [4.69, 9.17) is 5.73 Å². The van der Waals surface area contributed by atoms with Crippen LogP contribution in [0, 0.1) is 0 Å². The molecule has 1 heterocycles. The third-order valence-electron chi connectivity index (χ3n) is 4.63. The first kappa shape index (κ1) is 16.5. The molecule has 2 aromatic rings. The molecule has 0 atom stereocenters. The van der Waals surface area contributed by atoms with Crippen LogP contribution in [-0.4, -0.2) is 23.5 Å². The molecule has 3 rings (SSSR count). The highest BCUT2D eigenvalue weighted by Crippen LogP contribution is 2.29. The number of nitrogens with two attached hydrogens (primary N) is 1. The largest absolute Gasteiger partial charge is 0.355 e. The van der Waals surface area contributed by atoms with Crippen LogP contribution in [0.3, 0.4) is 0 Å². The molecule has 1 aliphatic carbocycles. The van der Waals surface area contributed by atoms with Crippen molar-refractivity contribution in [2.45, 2.75) is 37.9 Å². The summed E-state index contributed by atoms with van der Waals surface area (Å²) in [4.78, 5) is 18.8. The predicted octanol–water partition coefficient (Wildman–Crippen LogP) is 2.22. The Balaban J connectivity index is 1.67. The molecule has 1 aliphatic rings. The molecule has 24 heavy (non-hydrogen) atoms. The molecular weight excluding hydrogens is 300 g/mol. The summed E-state index contributed by atoms with van der Waals surface area (Å²) in [6.45, 7) is 1.21. The van der Waals surface area contributed by atoms with Crippen molar-refractivity contribution in [2.24, 2.45) is 5.73 Å². The number of nitrogens with one attached hydrogen (secondary N) is 1. The van der Waals surface area contributed by atoms with Crippen molar-refractivity contribution in [3.8, 4) is 0 Å². The lowest BCUT2D eigenvalue weighted by Crippen LogP contribution is -2.58. The Morgan fingerprint density at radius 1 is 1.25 bits per heavy atom. The highest BCUT2D eigenvalue weighted by molar-refractivity contribution is 5.87. The Kier molecular flexibility index (Phi) is 4.81. The second kappa shape index (κ2) is 7.01. The van der Waals surface area contributed by atoms with Gasteiger partial charge in [0.1, 0.15) is 5.82 Å². The standard InChI is InChI=1S/C19H24N4O/c1-23(14-15-7-3-2-4-8-15)17-16(9-5-12-21-17)13-22-18(24)19(20)10-6-11-19/h2-5,7-9,12H,6,10-11,13-14,20H2,1H3,(H,22,24). The average molecular weight is 324 g/mol. The molecule has 1 amide bonds. The van der Waals surface area contributed by atoms with Crippen LogP contribution in [0.1, 0.15) is 30.4 Å². The van der Waals surface area contributed by atoms with E-state index in [9.17, 15) is 4.79 Å². The predicted molar refractivity (Wildman–Crippen MR) is 95.4 cm³/mol. The van der Waals surface area contributed by atoms with Gasteiger partial charge in [-0.25, -0.2) is 4.98 Å². The van der Waals surface area contributed by atoms with Gasteiger partial charge in [0.15, 0.2) is 0 Å². The van der Waals surface area contributed by atoms with Crippen LogP contribution in [0.25, 0.3) is 0 Å². The van der Waals surface area contributed by atoms with Crippen LogP contribution in [0.5, 0.6) is 0 Å². The smallest absolute Gasteiger partial charge is 0.240 e. The van der Waals surface area contributed by atoms with E-state index in [0.717, 1.165) is 37.2 Å². The summed E-state index contributed by atoms with van der Waals surface area (Å²) in [5.41, 5.74) is 7.62. The highest BCUT2D eigenvalue weighted by atomic mass is 16.2. The van der Waals surface area contributed by atoms with Crippen molar-refractivity contribution in [1.29, 1.82) is 0 Å². The van der Waals surface area contributed by atoms with Gasteiger partial charge in [-0.1, -0.05) is 36.4 Å². The summed E-state index contributed by atoms with van der Waals surface area (Å²) in [5, 5.41) is 2.97. The Morgan fingerprint density at radius 2 is 2.00 bits per heavy atom. The fourth-order valence-corrected chi connectivity index (χ4v) is 2.98. The molecule has 0 radical (unpaired) electrons. The summed E-state index contributed by atoms with van der Waals surface area (Å²) in [7, 11) is 2.01. The lowest BCUT2D eigenvalue weighted by Gasteiger charge is -2.36. The van der Waals surface area contributed by atoms with Crippen molar-refractivity contribution >= 4 is 11.7 Å². The quantitative estimate of drug-likeness (QED) is 0.855. The van der Waals surface area contributed by atoms with E-state index in [1.165, 1.54) is 5.56 Å². The molecule has 0 saturated heterocycles. The number of carbonyl (C=O) groups excluding carboxylic acids is 1. The van der Waals surface area contributed by atoms with E-state index >= 15 is 0 Å². The van der Waals surface area contributed by atoms with Crippen LogP contribution >= 0.6 is 0 Å². The number of carbonyl (C=O) groups is 1. The number of nitrogens with zero attached hydrogens (tertiary/aromatic N) is 2. The summed E-state index contributed by atoms with van der Waals surface area (Å²) in [5.74, 6) is 0.815. The molecule has 0 aliphatic heterocycles. The number of hydrogen-bond acceptors (Lipinski definition) is 4. The first-order chi connectivity index (χ1) is 11.6. The lowest BCUT2D eigenvalue weighted by molar-refractivity contribution is -0.129. The van der Waals surface area contributed by atoms with Crippen LogP contribution in [-0.2, 0) is 17.9 Å². The maximum Gasteiger partial charge on any atom is 0.240 e. The molecule has 1 aromatic heterocycles. The van der Waals surface area contributed by atoms with Crippen molar-refractivity contribution in [1.82, 2.24) is 10.3 Å². The summed E-state index contributed by atoms with van der Waals surface area (Å²) >= 11 is 0. The highest BCUT2D eigenvalue weighted by Gasteiger charge is 2.39. The van der Waals surface area contributed by atoms with Gasteiger partial charge < -0.3 is 16.0 Å². The molecule has 1 aromatic carbocycles. The van der Waals surface area contributed by atoms with E-state index < -0.39 is 5.54 Å². The minimum Gasteiger partial charge on any atom is -0.355 e. The van der Waals surface area contributed by atoms with Gasteiger partial charge in [0.25, 0.3) is 0 Å². The summed E-state index contributed by atoms with van der Waals surface area (Å²) in [6, 6.07) is 14.1. The van der Waals surface area contributed by atoms with Crippen molar-refractivity contribution in [2.75, 3.05) is 11.9 Å².